The van der Waals surface area contributed by atoms with Crippen LogP contribution in [-0.2, 0) is 0 Å². The van der Waals surface area contributed by atoms with Crippen LogP contribution in [0.4, 0.5) is 5.69 Å². The predicted molar refractivity (Wildman–Crippen MR) is 53.0 cm³/mol. The summed E-state index contributed by atoms with van der Waals surface area (Å²) >= 11 is 0. The zero-order chi connectivity index (χ0) is 9.52. The molecule has 0 aliphatic rings. The third kappa shape index (κ3) is 3.29. The smallest absolute Gasteiger partial charge is 0.214 e. The van der Waals surface area contributed by atoms with Crippen LogP contribution < -0.4 is 15.8 Å². The normalized spacial score (nSPS) is 9.69. The monoisotopic (exact) mass is 181 g/mol. The Labute approximate surface area is 78.1 Å². The molecule has 0 atom stereocenters. The minimum Gasteiger partial charge on any atom is -0.481 e. The molecule has 72 valence electrons. The fraction of sp³-hybridized carbons (Fsp3) is 0.444. The number of ether oxygens (including phenoxy) is 1. The van der Waals surface area contributed by atoms with Crippen LogP contribution in [-0.4, -0.2) is 25.2 Å². The second-order valence-corrected chi connectivity index (χ2v) is 2.66. The van der Waals surface area contributed by atoms with Gasteiger partial charge in [0.2, 0.25) is 5.88 Å². The van der Waals surface area contributed by atoms with Crippen molar-refractivity contribution in [2.45, 2.75) is 6.42 Å². The average Bonchev–Trinajstić information content (AvgIpc) is 2.19. The van der Waals surface area contributed by atoms with Gasteiger partial charge in [-0.1, -0.05) is 0 Å². The lowest BCUT2D eigenvalue weighted by Gasteiger charge is -2.05. The molecule has 0 spiro atoms. The van der Waals surface area contributed by atoms with Crippen LogP contribution in [0.2, 0.25) is 0 Å². The van der Waals surface area contributed by atoms with Crippen molar-refractivity contribution in [1.29, 1.82) is 0 Å². The first-order valence-electron chi connectivity index (χ1n) is 4.31. The van der Waals surface area contributed by atoms with Crippen LogP contribution in [0, 0.1) is 0 Å². The van der Waals surface area contributed by atoms with Gasteiger partial charge in [0.15, 0.2) is 0 Å². The number of aromatic nitrogens is 1. The number of hydrogen-bond acceptors (Lipinski definition) is 4. The molecule has 0 aliphatic heterocycles. The van der Waals surface area contributed by atoms with E-state index in [1.54, 1.807) is 13.3 Å². The van der Waals surface area contributed by atoms with E-state index in [0.717, 1.165) is 18.7 Å². The minimum absolute atomic E-state index is 0.623. The summed E-state index contributed by atoms with van der Waals surface area (Å²) in [7, 11) is 1.60. The maximum absolute atomic E-state index is 5.37. The molecule has 1 rings (SSSR count). The Kier molecular flexibility index (Phi) is 4.05. The second-order valence-electron chi connectivity index (χ2n) is 2.66. The predicted octanol–water partition coefficient (Wildman–Crippen LogP) is 0.851. The summed E-state index contributed by atoms with van der Waals surface area (Å²) in [5, 5.41) is 3.22. The molecular formula is C9H15N3O. The topological polar surface area (TPSA) is 60.2 Å². The Morgan fingerprint density at radius 2 is 2.46 bits per heavy atom. The van der Waals surface area contributed by atoms with Gasteiger partial charge in [-0.05, 0) is 19.0 Å². The molecule has 1 aromatic heterocycles. The molecule has 0 aromatic carbocycles. The lowest BCUT2D eigenvalue weighted by atomic mass is 10.3. The highest BCUT2D eigenvalue weighted by atomic mass is 16.5. The van der Waals surface area contributed by atoms with Gasteiger partial charge in [-0.25, -0.2) is 4.98 Å². The highest BCUT2D eigenvalue weighted by Gasteiger charge is 1.94. The van der Waals surface area contributed by atoms with Crippen LogP contribution in [0.15, 0.2) is 18.3 Å². The van der Waals surface area contributed by atoms with Crippen molar-refractivity contribution < 1.29 is 4.74 Å². The molecule has 1 aromatic rings. The molecule has 0 aliphatic carbocycles. The molecule has 0 unspecified atom stereocenters. The van der Waals surface area contributed by atoms with E-state index in [-0.39, 0.29) is 0 Å². The number of methoxy groups -OCH3 is 1. The van der Waals surface area contributed by atoms with Gasteiger partial charge in [0.05, 0.1) is 7.11 Å². The van der Waals surface area contributed by atoms with E-state index in [2.05, 4.69) is 10.3 Å². The van der Waals surface area contributed by atoms with Crippen LogP contribution in [0.3, 0.4) is 0 Å². The first kappa shape index (κ1) is 9.80. The molecule has 4 nitrogen and oxygen atoms in total. The number of nitrogens with one attached hydrogen (secondary N) is 1. The zero-order valence-corrected chi connectivity index (χ0v) is 7.79. The van der Waals surface area contributed by atoms with Crippen molar-refractivity contribution in [2.75, 3.05) is 25.5 Å². The summed E-state index contributed by atoms with van der Waals surface area (Å²) in [5.41, 5.74) is 6.39. The number of anilines is 1. The van der Waals surface area contributed by atoms with Crippen molar-refractivity contribution >= 4 is 5.69 Å². The number of nitrogens with two attached hydrogens (primary N) is 1. The molecule has 0 saturated heterocycles. The summed E-state index contributed by atoms with van der Waals surface area (Å²) < 4.78 is 4.99. The first-order chi connectivity index (χ1) is 6.36. The number of hydrogen-bond donors (Lipinski definition) is 2. The van der Waals surface area contributed by atoms with Crippen molar-refractivity contribution in [3.05, 3.63) is 18.3 Å². The zero-order valence-electron chi connectivity index (χ0n) is 7.79. The summed E-state index contributed by atoms with van der Waals surface area (Å²) in [4.78, 5) is 4.00. The van der Waals surface area contributed by atoms with Crippen LogP contribution in [0.5, 0.6) is 5.88 Å². The Morgan fingerprint density at radius 1 is 1.62 bits per heavy atom. The number of pyridine rings is 1. The second kappa shape index (κ2) is 5.37. The van der Waals surface area contributed by atoms with Crippen molar-refractivity contribution in [2.24, 2.45) is 5.73 Å². The van der Waals surface area contributed by atoms with Gasteiger partial charge in [0.1, 0.15) is 0 Å². The van der Waals surface area contributed by atoms with Crippen molar-refractivity contribution in [1.82, 2.24) is 4.98 Å². The minimum atomic E-state index is 0.623. The molecule has 3 N–H and O–H groups in total. The van der Waals surface area contributed by atoms with E-state index in [0.29, 0.717) is 12.4 Å². The summed E-state index contributed by atoms with van der Waals surface area (Å²) in [5.74, 6) is 0.623. The van der Waals surface area contributed by atoms with E-state index < -0.39 is 0 Å². The Bertz CT molecular complexity index is 252. The van der Waals surface area contributed by atoms with Gasteiger partial charge in [-0.2, -0.15) is 0 Å². The third-order valence-corrected chi connectivity index (χ3v) is 1.65. The Morgan fingerprint density at radius 3 is 3.15 bits per heavy atom. The lowest BCUT2D eigenvalue weighted by molar-refractivity contribution is 0.398. The van der Waals surface area contributed by atoms with E-state index in [1.165, 1.54) is 0 Å². The Balaban J connectivity index is 2.46. The first-order valence-corrected chi connectivity index (χ1v) is 4.31. The maximum atomic E-state index is 5.37. The molecule has 0 saturated carbocycles. The number of rotatable bonds is 5. The van der Waals surface area contributed by atoms with E-state index in [1.807, 2.05) is 12.1 Å². The van der Waals surface area contributed by atoms with Crippen LogP contribution in [0.1, 0.15) is 6.42 Å². The fourth-order valence-electron chi connectivity index (χ4n) is 0.966. The van der Waals surface area contributed by atoms with E-state index in [4.69, 9.17) is 10.5 Å². The highest BCUT2D eigenvalue weighted by molar-refractivity contribution is 5.44. The van der Waals surface area contributed by atoms with Gasteiger partial charge >= 0.3 is 0 Å². The van der Waals surface area contributed by atoms with Gasteiger partial charge in [-0.3, -0.25) is 0 Å². The van der Waals surface area contributed by atoms with Crippen molar-refractivity contribution in [3.63, 3.8) is 0 Å². The summed E-state index contributed by atoms with van der Waals surface area (Å²) in [6, 6.07) is 3.76. The van der Waals surface area contributed by atoms with E-state index in [9.17, 15) is 0 Å². The Hall–Kier alpha value is -1.29. The molecule has 0 radical (unpaired) electrons. The highest BCUT2D eigenvalue weighted by Crippen LogP contribution is 2.12. The molecule has 1 heterocycles. The quantitative estimate of drug-likeness (QED) is 0.661. The van der Waals surface area contributed by atoms with E-state index >= 15 is 0 Å². The standard InChI is InChI=1S/C9H15N3O/c1-13-9-7-8(3-6-12-9)11-5-2-4-10/h3,6-7H,2,4-5,10H2,1H3,(H,11,12). The molecule has 13 heavy (non-hydrogen) atoms. The average molecular weight is 181 g/mol. The van der Waals surface area contributed by atoms with Crippen molar-refractivity contribution in [3.8, 4) is 5.88 Å². The van der Waals surface area contributed by atoms with Gasteiger partial charge in [0, 0.05) is 24.5 Å². The third-order valence-electron chi connectivity index (χ3n) is 1.65. The molecular weight excluding hydrogens is 166 g/mol. The summed E-state index contributed by atoms with van der Waals surface area (Å²) in [6.07, 6.45) is 2.67. The van der Waals surface area contributed by atoms with Crippen LogP contribution in [0.25, 0.3) is 0 Å². The van der Waals surface area contributed by atoms with Crippen LogP contribution >= 0.6 is 0 Å². The van der Waals surface area contributed by atoms with Gasteiger partial charge < -0.3 is 15.8 Å². The summed E-state index contributed by atoms with van der Waals surface area (Å²) in [6.45, 7) is 1.58. The lowest BCUT2D eigenvalue weighted by Crippen LogP contribution is -2.08. The maximum Gasteiger partial charge on any atom is 0.214 e. The van der Waals surface area contributed by atoms with Gasteiger partial charge in [0.25, 0.3) is 0 Å². The molecule has 4 heteroatoms. The fourth-order valence-corrected chi connectivity index (χ4v) is 0.966. The molecule has 0 fully saturated rings. The SMILES string of the molecule is COc1cc(NCCCN)ccn1. The van der Waals surface area contributed by atoms with Gasteiger partial charge in [-0.15, -0.1) is 0 Å². The molecule has 0 bridgehead atoms. The molecule has 0 amide bonds. The largest absolute Gasteiger partial charge is 0.481 e. The number of nitrogens with zero attached hydrogens (tertiary/aromatic N) is 1.